The second-order valence-electron chi connectivity index (χ2n) is 14.7. The van der Waals surface area contributed by atoms with Crippen LogP contribution in [0.1, 0.15) is 116 Å². The molecule has 0 radical (unpaired) electrons. The molecule has 0 heterocycles. The molecule has 0 aliphatic carbocycles. The molecule has 0 aromatic heterocycles. The van der Waals surface area contributed by atoms with E-state index in [0.717, 1.165) is 29.5 Å². The highest BCUT2D eigenvalue weighted by atomic mass is 16.6. The van der Waals surface area contributed by atoms with Gasteiger partial charge in [-0.3, -0.25) is 9.59 Å². The third kappa shape index (κ3) is 12.6. The fraction of sp³-hybridized carbons (Fsp3) is 0.590. The summed E-state index contributed by atoms with van der Waals surface area (Å²) < 4.78 is 11.3. The quantitative estimate of drug-likeness (QED) is 0.152. The van der Waals surface area contributed by atoms with E-state index in [0.29, 0.717) is 18.4 Å². The van der Waals surface area contributed by atoms with Crippen LogP contribution >= 0.6 is 0 Å². The maximum atomic E-state index is 14.7. The summed E-state index contributed by atoms with van der Waals surface area (Å²) in [6.07, 6.45) is 2.51. The lowest BCUT2D eigenvalue weighted by Crippen LogP contribution is -2.56. The largest absolute Gasteiger partial charge is 0.458 e. The minimum absolute atomic E-state index is 0.209. The number of nitrogens with zero attached hydrogens (tertiary/aromatic N) is 1. The van der Waals surface area contributed by atoms with Gasteiger partial charge in [0.25, 0.3) is 0 Å². The zero-order chi connectivity index (χ0) is 36.2. The minimum atomic E-state index is -1.08. The number of benzene rings is 2. The van der Waals surface area contributed by atoms with Gasteiger partial charge in [0.1, 0.15) is 29.3 Å². The molecule has 4 unspecified atom stereocenters. The Morgan fingerprint density at radius 1 is 0.812 bits per heavy atom. The molecule has 4 atom stereocenters. The van der Waals surface area contributed by atoms with Crippen LogP contribution in [0.4, 0.5) is 4.79 Å². The van der Waals surface area contributed by atoms with Crippen molar-refractivity contribution in [2.24, 2.45) is 5.92 Å². The van der Waals surface area contributed by atoms with Crippen LogP contribution in [0.15, 0.2) is 48.5 Å². The molecule has 2 aromatic rings. The number of alkyl carbamates (subject to hydrolysis) is 1. The van der Waals surface area contributed by atoms with Gasteiger partial charge < -0.3 is 25.0 Å². The van der Waals surface area contributed by atoms with Crippen molar-refractivity contribution in [3.8, 4) is 0 Å². The zero-order valence-corrected chi connectivity index (χ0v) is 31.1. The van der Waals surface area contributed by atoms with E-state index in [1.54, 1.807) is 46.4 Å². The Labute approximate surface area is 288 Å². The molecule has 0 bridgehead atoms. The van der Waals surface area contributed by atoms with Crippen molar-refractivity contribution in [2.45, 2.75) is 138 Å². The maximum absolute atomic E-state index is 14.7. The number of unbranched alkanes of at least 4 members (excludes halogenated alkanes) is 2. The molecule has 48 heavy (non-hydrogen) atoms. The van der Waals surface area contributed by atoms with Gasteiger partial charge in [0.05, 0.1) is 0 Å². The number of esters is 1. The number of carbonyl (C=O) groups is 4. The second-order valence-corrected chi connectivity index (χ2v) is 14.7. The normalized spacial score (nSPS) is 14.2. The molecule has 0 aliphatic rings. The Morgan fingerprint density at radius 3 is 2.00 bits per heavy atom. The van der Waals surface area contributed by atoms with Crippen LogP contribution in [0.5, 0.6) is 0 Å². The molecule has 0 fully saturated rings. The Morgan fingerprint density at radius 2 is 1.44 bits per heavy atom. The molecule has 266 valence electrons. The first kappa shape index (κ1) is 40.3. The Balaban J connectivity index is 2.70. The van der Waals surface area contributed by atoms with Crippen LogP contribution < -0.4 is 10.6 Å². The average Bonchev–Trinajstić information content (AvgIpc) is 2.99. The molecule has 0 aliphatic heterocycles. The third-order valence-corrected chi connectivity index (χ3v) is 8.23. The van der Waals surface area contributed by atoms with Crippen LogP contribution in [-0.2, 0) is 30.3 Å². The summed E-state index contributed by atoms with van der Waals surface area (Å²) >= 11 is 0. The summed E-state index contributed by atoms with van der Waals surface area (Å²) in [6.45, 7) is 20.7. The van der Waals surface area contributed by atoms with Crippen LogP contribution in [0, 0.1) is 19.8 Å². The van der Waals surface area contributed by atoms with Gasteiger partial charge >= 0.3 is 12.1 Å². The fourth-order valence-corrected chi connectivity index (χ4v) is 5.38. The van der Waals surface area contributed by atoms with Gasteiger partial charge in [-0.05, 0) is 90.0 Å². The highest BCUT2D eigenvalue weighted by Crippen LogP contribution is 2.29. The van der Waals surface area contributed by atoms with Crippen molar-refractivity contribution in [3.05, 3.63) is 70.8 Å². The molecule has 0 spiro atoms. The molecule has 2 rings (SSSR count). The summed E-state index contributed by atoms with van der Waals surface area (Å²) in [5.41, 5.74) is 1.80. The molecule has 0 saturated heterocycles. The van der Waals surface area contributed by atoms with Crippen molar-refractivity contribution in [1.82, 2.24) is 15.5 Å². The van der Waals surface area contributed by atoms with Crippen molar-refractivity contribution < 1.29 is 28.7 Å². The third-order valence-electron chi connectivity index (χ3n) is 8.23. The van der Waals surface area contributed by atoms with E-state index in [4.69, 9.17) is 9.47 Å². The Kier molecular flexibility index (Phi) is 15.1. The number of hydrogen-bond donors (Lipinski definition) is 2. The molecule has 9 nitrogen and oxygen atoms in total. The van der Waals surface area contributed by atoms with Gasteiger partial charge in [-0.15, -0.1) is 0 Å². The summed E-state index contributed by atoms with van der Waals surface area (Å²) in [7, 11) is 0. The lowest BCUT2D eigenvalue weighted by molar-refractivity contribution is -0.159. The summed E-state index contributed by atoms with van der Waals surface area (Å²) in [6, 6.07) is 12.1. The van der Waals surface area contributed by atoms with Gasteiger partial charge in [0.15, 0.2) is 0 Å². The van der Waals surface area contributed by atoms with Crippen molar-refractivity contribution in [1.29, 1.82) is 0 Å². The standard InChI is InChI=1S/C39H59N3O6/c1-12-14-18-24-42(35(44)32(26(3)13-2)41-37(46)48-39(9,10)11)33(30-23-19-20-27(4)28(30)5)34(43)40-31(36(45)47-38(6,7)8)25-29-21-16-15-17-22-29/h15-17,19-23,26,31-33H,12-14,18,24-25H2,1-11H3,(H,40,43)(H,41,46). The molecule has 0 saturated carbocycles. The van der Waals surface area contributed by atoms with E-state index in [2.05, 4.69) is 17.6 Å². The van der Waals surface area contributed by atoms with Crippen LogP contribution in [0.2, 0.25) is 0 Å². The molecular formula is C39H59N3O6. The molecule has 3 amide bonds. The van der Waals surface area contributed by atoms with E-state index >= 15 is 0 Å². The van der Waals surface area contributed by atoms with E-state index in [-0.39, 0.29) is 24.8 Å². The van der Waals surface area contributed by atoms with E-state index in [1.165, 1.54) is 0 Å². The number of hydrogen-bond acceptors (Lipinski definition) is 6. The second kappa shape index (κ2) is 18.0. The smallest absolute Gasteiger partial charge is 0.408 e. The Hall–Kier alpha value is -3.88. The summed E-state index contributed by atoms with van der Waals surface area (Å²) in [4.78, 5) is 57.6. The lowest BCUT2D eigenvalue weighted by Gasteiger charge is -2.37. The topological polar surface area (TPSA) is 114 Å². The average molecular weight is 666 g/mol. The number of carbonyl (C=O) groups excluding carboxylic acids is 4. The first-order valence-electron chi connectivity index (χ1n) is 17.3. The molecular weight excluding hydrogens is 606 g/mol. The lowest BCUT2D eigenvalue weighted by atomic mass is 9.92. The maximum Gasteiger partial charge on any atom is 0.408 e. The molecule has 9 heteroatoms. The van der Waals surface area contributed by atoms with Gasteiger partial charge in [0, 0.05) is 13.0 Å². The van der Waals surface area contributed by atoms with Gasteiger partial charge in [-0.2, -0.15) is 0 Å². The minimum Gasteiger partial charge on any atom is -0.458 e. The molecule has 2 aromatic carbocycles. The van der Waals surface area contributed by atoms with Gasteiger partial charge in [-0.1, -0.05) is 88.6 Å². The number of ether oxygens (including phenoxy) is 2. The first-order valence-corrected chi connectivity index (χ1v) is 17.3. The van der Waals surface area contributed by atoms with Gasteiger partial charge in [-0.25, -0.2) is 9.59 Å². The van der Waals surface area contributed by atoms with Crippen LogP contribution in [0.25, 0.3) is 0 Å². The number of rotatable bonds is 15. The molecule has 2 N–H and O–H groups in total. The SMILES string of the molecule is CCCCCN(C(=O)C(NC(=O)OC(C)(C)C)C(C)CC)C(C(=O)NC(Cc1ccccc1)C(=O)OC(C)(C)C)c1cccc(C)c1C. The van der Waals surface area contributed by atoms with Gasteiger partial charge in [0.2, 0.25) is 11.8 Å². The first-order chi connectivity index (χ1) is 22.4. The highest BCUT2D eigenvalue weighted by Gasteiger charge is 2.40. The van der Waals surface area contributed by atoms with Crippen LogP contribution in [0.3, 0.4) is 0 Å². The predicted octanol–water partition coefficient (Wildman–Crippen LogP) is 7.37. The van der Waals surface area contributed by atoms with Crippen molar-refractivity contribution >= 4 is 23.9 Å². The summed E-state index contributed by atoms with van der Waals surface area (Å²) in [5, 5.41) is 5.82. The van der Waals surface area contributed by atoms with Crippen molar-refractivity contribution in [3.63, 3.8) is 0 Å². The number of amides is 3. The highest BCUT2D eigenvalue weighted by molar-refractivity contribution is 5.94. The predicted molar refractivity (Wildman–Crippen MR) is 190 cm³/mol. The Bertz CT molecular complexity index is 1360. The fourth-order valence-electron chi connectivity index (χ4n) is 5.38. The number of aryl methyl sites for hydroxylation is 1. The zero-order valence-electron chi connectivity index (χ0n) is 31.1. The van der Waals surface area contributed by atoms with E-state index in [9.17, 15) is 19.2 Å². The van der Waals surface area contributed by atoms with Crippen molar-refractivity contribution in [2.75, 3.05) is 6.54 Å². The van der Waals surface area contributed by atoms with E-state index in [1.807, 2.05) is 76.2 Å². The van der Waals surface area contributed by atoms with Crippen LogP contribution in [-0.4, -0.2) is 58.6 Å². The number of nitrogens with one attached hydrogen (secondary N) is 2. The summed E-state index contributed by atoms with van der Waals surface area (Å²) in [5.74, 6) is -1.70. The monoisotopic (exact) mass is 665 g/mol. The van der Waals surface area contributed by atoms with E-state index < -0.39 is 47.3 Å².